The number of carbonyl (C=O) groups is 1. The summed E-state index contributed by atoms with van der Waals surface area (Å²) in [4.78, 5) is 25.8. The van der Waals surface area contributed by atoms with Crippen LogP contribution in [0.25, 0.3) is 11.0 Å². The van der Waals surface area contributed by atoms with Gasteiger partial charge in [-0.1, -0.05) is 36.8 Å². The van der Waals surface area contributed by atoms with Crippen LogP contribution < -0.4 is 5.32 Å². The number of nitrogens with one attached hydrogen (secondary N) is 3. The van der Waals surface area contributed by atoms with Crippen LogP contribution in [0.5, 0.6) is 0 Å². The van der Waals surface area contributed by atoms with Gasteiger partial charge in [-0.05, 0) is 37.7 Å². The number of ether oxygens (including phenoxy) is 1. The van der Waals surface area contributed by atoms with Crippen LogP contribution in [0.15, 0.2) is 18.5 Å². The third kappa shape index (κ3) is 5.22. The minimum Gasteiger partial charge on any atom is -0.426 e. The van der Waals surface area contributed by atoms with Gasteiger partial charge in [-0.15, -0.1) is 0 Å². The number of nitrogens with zero attached hydrogens (tertiary/aromatic N) is 4. The minimum absolute atomic E-state index is 0.0177. The van der Waals surface area contributed by atoms with Crippen LogP contribution in [0.1, 0.15) is 66.9 Å². The van der Waals surface area contributed by atoms with Crippen molar-refractivity contribution >= 4 is 52.2 Å². The van der Waals surface area contributed by atoms with E-state index < -0.39 is 0 Å². The number of amides is 1. The van der Waals surface area contributed by atoms with Crippen LogP contribution in [0.3, 0.4) is 0 Å². The Morgan fingerprint density at radius 2 is 2.21 bits per heavy atom. The van der Waals surface area contributed by atoms with Crippen LogP contribution >= 0.6 is 22.9 Å². The van der Waals surface area contributed by atoms with Gasteiger partial charge in [0.1, 0.15) is 21.4 Å². The number of carbonyl (C=O) groups excluding carboxylic acids is 1. The Kier molecular flexibility index (Phi) is 7.04. The van der Waals surface area contributed by atoms with Gasteiger partial charge < -0.3 is 14.6 Å². The molecule has 0 aliphatic heterocycles. The highest BCUT2D eigenvalue weighted by Crippen LogP contribution is 2.34. The van der Waals surface area contributed by atoms with Crippen LogP contribution in [0.4, 0.5) is 0 Å². The topological polar surface area (TPSA) is 130 Å². The van der Waals surface area contributed by atoms with Crippen molar-refractivity contribution in [2.45, 2.75) is 58.0 Å². The Hall–Kier alpha value is -2.85. The molecular weight excluding hydrogens is 462 g/mol. The quantitative estimate of drug-likeness (QED) is 0.331. The van der Waals surface area contributed by atoms with E-state index in [1.807, 2.05) is 0 Å². The summed E-state index contributed by atoms with van der Waals surface area (Å²) in [6.07, 6.45) is 8.29. The largest absolute Gasteiger partial charge is 0.426 e. The molecule has 1 aliphatic carbocycles. The third-order valence-corrected chi connectivity index (χ3v) is 6.78. The molecule has 33 heavy (non-hydrogen) atoms. The molecule has 1 fully saturated rings. The zero-order valence-corrected chi connectivity index (χ0v) is 20.0. The maximum Gasteiger partial charge on any atom is 0.280 e. The molecular formula is C22H26ClN7O2S. The Morgan fingerprint density at radius 1 is 1.39 bits per heavy atom. The van der Waals surface area contributed by atoms with E-state index in [9.17, 15) is 4.79 Å². The summed E-state index contributed by atoms with van der Waals surface area (Å²) < 4.78 is 7.65. The summed E-state index contributed by atoms with van der Waals surface area (Å²) in [6.45, 7) is 4.31. The average molecular weight is 488 g/mol. The van der Waals surface area contributed by atoms with E-state index in [0.29, 0.717) is 21.0 Å². The fourth-order valence-corrected chi connectivity index (χ4v) is 5.16. The molecule has 3 aromatic rings. The van der Waals surface area contributed by atoms with Crippen LogP contribution in [-0.4, -0.2) is 43.8 Å². The molecule has 3 heterocycles. The number of thiazole rings is 1. The van der Waals surface area contributed by atoms with E-state index in [-0.39, 0.29) is 23.9 Å². The summed E-state index contributed by atoms with van der Waals surface area (Å²) in [7, 11) is 0. The van der Waals surface area contributed by atoms with E-state index in [1.54, 1.807) is 12.3 Å². The Labute approximate surface area is 200 Å². The van der Waals surface area contributed by atoms with Gasteiger partial charge in [0, 0.05) is 18.5 Å². The molecule has 4 rings (SSSR count). The standard InChI is InChI=1S/C22H26ClN7O2S/c1-12(2)6-19-29-16-9-26-15(20(25)32-11-24)8-17(16)30(19)14-5-3-4-13(7-14)28-21(31)22-27-10-18(23)33-22/h8-14,24-25H,3-7H2,1-2H3,(H,28,31)/t13-,14+/m0/s1. The van der Waals surface area contributed by atoms with E-state index >= 15 is 0 Å². The minimum atomic E-state index is -0.195. The van der Waals surface area contributed by atoms with Gasteiger partial charge in [0.15, 0.2) is 11.4 Å². The molecule has 3 aromatic heterocycles. The van der Waals surface area contributed by atoms with Crippen molar-refractivity contribution in [2.75, 3.05) is 0 Å². The molecule has 0 saturated heterocycles. The number of hydrogen-bond acceptors (Lipinski definition) is 8. The fraction of sp³-hybridized carbons (Fsp3) is 0.455. The summed E-state index contributed by atoms with van der Waals surface area (Å²) in [5.74, 6) is 1.02. The molecule has 9 nitrogen and oxygen atoms in total. The highest BCUT2D eigenvalue weighted by molar-refractivity contribution is 7.17. The summed E-state index contributed by atoms with van der Waals surface area (Å²) in [5.41, 5.74) is 2.00. The van der Waals surface area contributed by atoms with Crippen molar-refractivity contribution in [3.8, 4) is 0 Å². The van der Waals surface area contributed by atoms with E-state index in [2.05, 4.69) is 33.7 Å². The van der Waals surface area contributed by atoms with Gasteiger partial charge in [-0.25, -0.2) is 15.0 Å². The van der Waals surface area contributed by atoms with Gasteiger partial charge >= 0.3 is 0 Å². The lowest BCUT2D eigenvalue weighted by molar-refractivity contribution is 0.0920. The fourth-order valence-electron chi connectivity index (χ4n) is 4.34. The average Bonchev–Trinajstić information content (AvgIpc) is 3.36. The first-order valence-electron chi connectivity index (χ1n) is 10.9. The second kappa shape index (κ2) is 9.96. The number of hydrogen-bond donors (Lipinski definition) is 3. The van der Waals surface area contributed by atoms with Gasteiger partial charge in [0.05, 0.1) is 17.9 Å². The normalized spacial score (nSPS) is 18.4. The van der Waals surface area contributed by atoms with Gasteiger partial charge in [0.25, 0.3) is 5.91 Å². The number of fused-ring (bicyclic) bond motifs is 1. The predicted octanol–water partition coefficient (Wildman–Crippen LogP) is 4.60. The second-order valence-electron chi connectivity index (χ2n) is 8.58. The molecule has 0 aromatic carbocycles. The SMILES string of the molecule is CC(C)Cc1nc2cnc(C(=N)OC=N)cc2n1[C@@H]1CCC[C@H](NC(=O)c2ncc(Cl)s2)C1. The van der Waals surface area contributed by atoms with Crippen molar-refractivity contribution in [1.29, 1.82) is 10.8 Å². The number of rotatable bonds is 7. The molecule has 2 atom stereocenters. The number of pyridine rings is 1. The molecule has 0 bridgehead atoms. The van der Waals surface area contributed by atoms with Gasteiger partial charge in [-0.3, -0.25) is 15.6 Å². The lowest BCUT2D eigenvalue weighted by Gasteiger charge is -2.32. The smallest absolute Gasteiger partial charge is 0.280 e. The van der Waals surface area contributed by atoms with Crippen LogP contribution in [0, 0.1) is 16.7 Å². The zero-order chi connectivity index (χ0) is 23.5. The predicted molar refractivity (Wildman–Crippen MR) is 129 cm³/mol. The first-order valence-corrected chi connectivity index (χ1v) is 12.1. The molecule has 11 heteroatoms. The molecule has 1 aliphatic rings. The lowest BCUT2D eigenvalue weighted by Crippen LogP contribution is -2.39. The van der Waals surface area contributed by atoms with Crippen molar-refractivity contribution in [3.63, 3.8) is 0 Å². The number of aromatic nitrogens is 4. The Bertz CT molecular complexity index is 1190. The number of imidazole rings is 1. The highest BCUT2D eigenvalue weighted by atomic mass is 35.5. The summed E-state index contributed by atoms with van der Waals surface area (Å²) >= 11 is 7.11. The van der Waals surface area contributed by atoms with E-state index in [4.69, 9.17) is 32.1 Å². The second-order valence-corrected chi connectivity index (χ2v) is 10.2. The molecule has 3 N–H and O–H groups in total. The molecule has 0 unspecified atom stereocenters. The Morgan fingerprint density at radius 3 is 2.91 bits per heavy atom. The van der Waals surface area contributed by atoms with Crippen molar-refractivity contribution in [2.24, 2.45) is 5.92 Å². The molecule has 0 radical (unpaired) electrons. The lowest BCUT2D eigenvalue weighted by atomic mass is 9.90. The summed E-state index contributed by atoms with van der Waals surface area (Å²) in [5, 5.41) is 18.6. The Balaban J connectivity index is 1.64. The first-order chi connectivity index (χ1) is 15.9. The molecule has 1 saturated carbocycles. The highest BCUT2D eigenvalue weighted by Gasteiger charge is 2.29. The maximum absolute atomic E-state index is 12.6. The van der Waals surface area contributed by atoms with Gasteiger partial charge in [-0.2, -0.15) is 0 Å². The summed E-state index contributed by atoms with van der Waals surface area (Å²) in [6, 6.07) is 1.97. The van der Waals surface area contributed by atoms with Crippen LogP contribution in [0.2, 0.25) is 4.34 Å². The van der Waals surface area contributed by atoms with Gasteiger partial charge in [0.2, 0.25) is 5.90 Å². The van der Waals surface area contributed by atoms with E-state index in [1.165, 1.54) is 17.5 Å². The third-order valence-electron chi connectivity index (χ3n) is 5.67. The monoisotopic (exact) mass is 487 g/mol. The first kappa shape index (κ1) is 23.3. The molecule has 1 amide bonds. The number of halogens is 1. The van der Waals surface area contributed by atoms with Crippen LogP contribution in [-0.2, 0) is 11.2 Å². The van der Waals surface area contributed by atoms with Crippen molar-refractivity contribution in [1.82, 2.24) is 24.8 Å². The maximum atomic E-state index is 12.6. The van der Waals surface area contributed by atoms with E-state index in [0.717, 1.165) is 55.4 Å². The zero-order valence-electron chi connectivity index (χ0n) is 18.5. The molecule has 0 spiro atoms. The molecule has 174 valence electrons. The van der Waals surface area contributed by atoms with Crippen molar-refractivity contribution in [3.05, 3.63) is 39.3 Å². The van der Waals surface area contributed by atoms with Crippen molar-refractivity contribution < 1.29 is 9.53 Å².